The quantitative estimate of drug-likeness (QED) is 0.203. The van der Waals surface area contributed by atoms with Gasteiger partial charge in [-0.15, -0.1) is 0 Å². The van der Waals surface area contributed by atoms with Gasteiger partial charge in [-0.25, -0.2) is 26.3 Å². The van der Waals surface area contributed by atoms with Crippen molar-refractivity contribution in [1.29, 1.82) is 0 Å². The van der Waals surface area contributed by atoms with E-state index in [4.69, 9.17) is 0 Å². The first-order valence-corrected chi connectivity index (χ1v) is 18.1. The standard InChI is InChI=1S/C22H28Br4N2O4S2/c23-9-5-17-1-3-19(7-11-25)21(15-17)33(29,30)27-13-14-28-34(31,32)22-16-18(6-10-24)2-4-20(22)8-12-26/h1-4,15-16,27-28H,5-14H2. The van der Waals surface area contributed by atoms with Gasteiger partial charge < -0.3 is 0 Å². The Bertz CT molecular complexity index is 1070. The van der Waals surface area contributed by atoms with Gasteiger partial charge in [-0.1, -0.05) is 88.0 Å². The van der Waals surface area contributed by atoms with Gasteiger partial charge in [0.05, 0.1) is 9.79 Å². The Morgan fingerprint density at radius 3 is 1.24 bits per heavy atom. The number of sulfonamides is 2. The fourth-order valence-corrected chi connectivity index (χ4v) is 7.84. The normalized spacial score (nSPS) is 12.2. The van der Waals surface area contributed by atoms with Crippen LogP contribution in [0.1, 0.15) is 22.3 Å². The van der Waals surface area contributed by atoms with Gasteiger partial charge in [0.1, 0.15) is 0 Å². The number of aryl methyl sites for hydroxylation is 4. The zero-order valence-electron chi connectivity index (χ0n) is 18.5. The molecule has 0 saturated carbocycles. The van der Waals surface area contributed by atoms with Gasteiger partial charge in [-0.05, 0) is 60.1 Å². The van der Waals surface area contributed by atoms with Crippen molar-refractivity contribution in [2.45, 2.75) is 35.5 Å². The second kappa shape index (κ2) is 14.8. The van der Waals surface area contributed by atoms with E-state index >= 15 is 0 Å². The SMILES string of the molecule is O=S(=O)(NCCNS(=O)(=O)c1cc(CCBr)ccc1CCBr)c1cc(CCBr)ccc1CCBr. The summed E-state index contributed by atoms with van der Waals surface area (Å²) in [5.74, 6) is 0. The van der Waals surface area contributed by atoms with Crippen molar-refractivity contribution in [3.8, 4) is 0 Å². The van der Waals surface area contributed by atoms with Crippen LogP contribution in [-0.4, -0.2) is 51.2 Å². The lowest BCUT2D eigenvalue weighted by Gasteiger charge is -2.15. The van der Waals surface area contributed by atoms with Crippen molar-refractivity contribution in [2.75, 3.05) is 34.4 Å². The van der Waals surface area contributed by atoms with Crippen LogP contribution in [0, 0.1) is 0 Å². The highest BCUT2D eigenvalue weighted by Crippen LogP contribution is 2.21. The molecule has 12 heteroatoms. The van der Waals surface area contributed by atoms with E-state index in [1.54, 1.807) is 12.1 Å². The zero-order chi connectivity index (χ0) is 25.2. The monoisotopic (exact) mass is 764 g/mol. The van der Waals surface area contributed by atoms with E-state index in [9.17, 15) is 16.8 Å². The van der Waals surface area contributed by atoms with E-state index in [2.05, 4.69) is 73.2 Å². The summed E-state index contributed by atoms with van der Waals surface area (Å²) in [6.45, 7) is -0.125. The van der Waals surface area contributed by atoms with E-state index < -0.39 is 20.0 Å². The predicted octanol–water partition coefficient (Wildman–Crippen LogP) is 4.69. The summed E-state index contributed by atoms with van der Waals surface area (Å²) in [7, 11) is -7.60. The summed E-state index contributed by atoms with van der Waals surface area (Å²) in [5.41, 5.74) is 3.26. The average molecular weight is 768 g/mol. The number of hydrogen-bond donors (Lipinski definition) is 2. The smallest absolute Gasteiger partial charge is 0.210 e. The topological polar surface area (TPSA) is 92.3 Å². The first-order valence-electron chi connectivity index (χ1n) is 10.6. The molecule has 2 aromatic rings. The molecule has 0 spiro atoms. The molecule has 0 saturated heterocycles. The van der Waals surface area contributed by atoms with Crippen LogP contribution < -0.4 is 9.44 Å². The number of benzene rings is 2. The lowest BCUT2D eigenvalue weighted by molar-refractivity contribution is 0.569. The molecule has 2 rings (SSSR count). The van der Waals surface area contributed by atoms with Crippen LogP contribution in [0.15, 0.2) is 46.2 Å². The van der Waals surface area contributed by atoms with E-state index in [1.165, 1.54) is 0 Å². The summed E-state index contributed by atoms with van der Waals surface area (Å²) >= 11 is 13.5. The molecule has 0 amide bonds. The molecule has 0 aromatic heterocycles. The van der Waals surface area contributed by atoms with Crippen molar-refractivity contribution in [2.24, 2.45) is 0 Å². The highest BCUT2D eigenvalue weighted by Gasteiger charge is 2.21. The average Bonchev–Trinajstić information content (AvgIpc) is 2.79. The minimum Gasteiger partial charge on any atom is -0.210 e. The Kier molecular flexibility index (Phi) is 13.2. The molecule has 2 aromatic carbocycles. The molecule has 0 heterocycles. The molecule has 0 atom stereocenters. The van der Waals surface area contributed by atoms with Crippen molar-refractivity contribution in [3.63, 3.8) is 0 Å². The van der Waals surface area contributed by atoms with Gasteiger partial charge in [-0.3, -0.25) is 0 Å². The Hall–Kier alpha value is 0.180. The maximum absolute atomic E-state index is 13.0. The summed E-state index contributed by atoms with van der Waals surface area (Å²) < 4.78 is 57.1. The minimum absolute atomic E-state index is 0.0626. The van der Waals surface area contributed by atoms with Crippen LogP contribution in [0.2, 0.25) is 0 Å². The second-order valence-corrected chi connectivity index (χ2v) is 14.1. The molecule has 0 aliphatic carbocycles. The zero-order valence-corrected chi connectivity index (χ0v) is 26.5. The molecule has 0 fully saturated rings. The molecule has 0 aliphatic heterocycles. The molecule has 0 bridgehead atoms. The van der Waals surface area contributed by atoms with Crippen molar-refractivity contribution >= 4 is 83.8 Å². The fourth-order valence-electron chi connectivity index (χ4n) is 3.37. The van der Waals surface area contributed by atoms with Gasteiger partial charge in [-0.2, -0.15) is 0 Å². The van der Waals surface area contributed by atoms with E-state index in [-0.39, 0.29) is 22.9 Å². The summed E-state index contributed by atoms with van der Waals surface area (Å²) in [4.78, 5) is 0.464. The van der Waals surface area contributed by atoms with Gasteiger partial charge in [0, 0.05) is 34.4 Å². The van der Waals surface area contributed by atoms with Crippen LogP contribution in [-0.2, 0) is 45.7 Å². The molecule has 2 N–H and O–H groups in total. The Morgan fingerprint density at radius 1 is 0.559 bits per heavy atom. The second-order valence-electron chi connectivity index (χ2n) is 7.44. The Labute approximate surface area is 236 Å². The molecule has 0 radical (unpaired) electrons. The lowest BCUT2D eigenvalue weighted by atomic mass is 10.1. The minimum atomic E-state index is -3.80. The summed E-state index contributed by atoms with van der Waals surface area (Å²) in [6, 6.07) is 10.9. The van der Waals surface area contributed by atoms with Gasteiger partial charge in [0.15, 0.2) is 0 Å². The highest BCUT2D eigenvalue weighted by atomic mass is 79.9. The maximum atomic E-state index is 13.0. The molecule has 0 unspecified atom stereocenters. The maximum Gasteiger partial charge on any atom is 0.240 e. The third kappa shape index (κ3) is 8.93. The number of halogens is 4. The molecular weight excluding hydrogens is 740 g/mol. The Morgan fingerprint density at radius 2 is 0.912 bits per heavy atom. The van der Waals surface area contributed by atoms with Gasteiger partial charge >= 0.3 is 0 Å². The first-order chi connectivity index (χ1) is 16.2. The predicted molar refractivity (Wildman–Crippen MR) is 153 cm³/mol. The fraction of sp³-hybridized carbons (Fsp3) is 0.455. The van der Waals surface area contributed by atoms with Gasteiger partial charge in [0.2, 0.25) is 20.0 Å². The van der Waals surface area contributed by atoms with Crippen LogP contribution in [0.25, 0.3) is 0 Å². The molecular formula is C22H28Br4N2O4S2. The van der Waals surface area contributed by atoms with E-state index in [1.807, 2.05) is 24.3 Å². The number of rotatable bonds is 15. The number of alkyl halides is 4. The van der Waals surface area contributed by atoms with Crippen molar-refractivity contribution in [1.82, 2.24) is 9.44 Å². The third-order valence-corrected chi connectivity index (χ3v) is 9.72. The van der Waals surface area contributed by atoms with Crippen LogP contribution >= 0.6 is 63.7 Å². The Balaban J connectivity index is 2.14. The molecule has 34 heavy (non-hydrogen) atoms. The molecule has 6 nitrogen and oxygen atoms in total. The summed E-state index contributed by atoms with van der Waals surface area (Å²) in [5, 5.41) is 2.73. The van der Waals surface area contributed by atoms with Crippen LogP contribution in [0.5, 0.6) is 0 Å². The number of nitrogens with one attached hydrogen (secondary N) is 2. The third-order valence-electron chi connectivity index (χ3n) is 5.05. The van der Waals surface area contributed by atoms with Gasteiger partial charge in [0.25, 0.3) is 0 Å². The molecule has 0 aliphatic rings. The van der Waals surface area contributed by atoms with E-state index in [0.717, 1.165) is 21.8 Å². The van der Waals surface area contributed by atoms with Crippen molar-refractivity contribution < 1.29 is 16.8 Å². The highest BCUT2D eigenvalue weighted by molar-refractivity contribution is 9.09. The van der Waals surface area contributed by atoms with Crippen LogP contribution in [0.3, 0.4) is 0 Å². The van der Waals surface area contributed by atoms with Crippen LogP contribution in [0.4, 0.5) is 0 Å². The molecule has 190 valence electrons. The first kappa shape index (κ1) is 30.4. The summed E-state index contributed by atoms with van der Waals surface area (Å²) in [6.07, 6.45) is 2.56. The number of hydrogen-bond acceptors (Lipinski definition) is 4. The van der Waals surface area contributed by atoms with Crippen molar-refractivity contribution in [3.05, 3.63) is 58.7 Å². The van der Waals surface area contributed by atoms with E-state index in [0.29, 0.717) is 47.5 Å². The largest absolute Gasteiger partial charge is 0.240 e. The lowest BCUT2D eigenvalue weighted by Crippen LogP contribution is -2.35.